The summed E-state index contributed by atoms with van der Waals surface area (Å²) in [5, 5.41) is 4.46. The summed E-state index contributed by atoms with van der Waals surface area (Å²) in [6.45, 7) is 0. The molecule has 0 radical (unpaired) electrons. The highest BCUT2D eigenvalue weighted by atomic mass is 32.1. The largest absolute Gasteiger partial charge is 0.496 e. The van der Waals surface area contributed by atoms with Gasteiger partial charge in [0.15, 0.2) is 5.11 Å². The molecule has 0 bridgehead atoms. The summed E-state index contributed by atoms with van der Waals surface area (Å²) in [7, 11) is 1.61. The van der Waals surface area contributed by atoms with Crippen molar-refractivity contribution in [1.29, 1.82) is 0 Å². The van der Waals surface area contributed by atoms with Gasteiger partial charge in [0.1, 0.15) is 11.3 Å². The van der Waals surface area contributed by atoms with Crippen LogP contribution in [0.2, 0.25) is 0 Å². The van der Waals surface area contributed by atoms with Crippen LogP contribution in [0.5, 0.6) is 5.75 Å². The van der Waals surface area contributed by atoms with Gasteiger partial charge < -0.3 is 4.74 Å². The number of nitrogens with one attached hydrogen (secondary N) is 1. The minimum Gasteiger partial charge on any atom is -0.496 e. The molecule has 6 heteroatoms. The molecule has 3 aromatic carbocycles. The number of thiocarbonyl (C=S) groups is 1. The minimum absolute atomic E-state index is 0.0211. The molecular weight excluding hydrogens is 372 g/mol. The number of para-hydroxylation sites is 1. The monoisotopic (exact) mass is 388 g/mol. The predicted molar refractivity (Wildman–Crippen MR) is 113 cm³/mol. The number of rotatable bonds is 3. The van der Waals surface area contributed by atoms with Crippen LogP contribution in [0.3, 0.4) is 0 Å². The number of ether oxygens (including phenoxy) is 1. The molecule has 1 saturated heterocycles. The first-order chi connectivity index (χ1) is 13.6. The van der Waals surface area contributed by atoms with Gasteiger partial charge in [0.05, 0.1) is 12.8 Å². The molecular formula is C22H16N2O3S. The van der Waals surface area contributed by atoms with Crippen molar-refractivity contribution in [2.75, 3.05) is 12.0 Å². The van der Waals surface area contributed by atoms with Crippen molar-refractivity contribution in [2.45, 2.75) is 0 Å². The molecule has 0 unspecified atom stereocenters. The lowest BCUT2D eigenvalue weighted by atomic mass is 10.00. The number of hydrogen-bond acceptors (Lipinski definition) is 4. The molecule has 138 valence electrons. The van der Waals surface area contributed by atoms with Crippen molar-refractivity contribution >= 4 is 51.7 Å². The van der Waals surface area contributed by atoms with E-state index in [9.17, 15) is 9.59 Å². The molecule has 0 saturated carbocycles. The zero-order valence-corrected chi connectivity index (χ0v) is 15.8. The van der Waals surface area contributed by atoms with E-state index in [2.05, 4.69) is 5.32 Å². The van der Waals surface area contributed by atoms with E-state index in [-0.39, 0.29) is 10.7 Å². The first kappa shape index (κ1) is 17.9. The highest BCUT2D eigenvalue weighted by Gasteiger charge is 2.34. The van der Waals surface area contributed by atoms with Crippen molar-refractivity contribution in [3.63, 3.8) is 0 Å². The van der Waals surface area contributed by atoms with Gasteiger partial charge in [-0.3, -0.25) is 19.8 Å². The van der Waals surface area contributed by atoms with Crippen molar-refractivity contribution in [2.24, 2.45) is 0 Å². The van der Waals surface area contributed by atoms with Gasteiger partial charge in [-0.1, -0.05) is 48.5 Å². The molecule has 5 nitrogen and oxygen atoms in total. The number of carbonyl (C=O) groups excluding carboxylic acids is 2. The van der Waals surface area contributed by atoms with Crippen LogP contribution in [0, 0.1) is 0 Å². The van der Waals surface area contributed by atoms with Crippen molar-refractivity contribution < 1.29 is 14.3 Å². The van der Waals surface area contributed by atoms with Crippen LogP contribution in [0.15, 0.2) is 72.3 Å². The standard InChI is InChI=1S/C22H16N2O3S/c1-27-19-12-11-14(16-9-5-6-10-17(16)19)13-18-20(25)23-22(28)24(21(18)26)15-7-3-2-4-8-15/h2-13H,1H3,(H,23,25,28)/b18-13-. The fraction of sp³-hybridized carbons (Fsp3) is 0.0455. The molecule has 0 spiro atoms. The Hall–Kier alpha value is -3.51. The van der Waals surface area contributed by atoms with Crippen molar-refractivity contribution in [1.82, 2.24) is 5.32 Å². The third-order valence-electron chi connectivity index (χ3n) is 4.55. The van der Waals surface area contributed by atoms with E-state index in [4.69, 9.17) is 17.0 Å². The lowest BCUT2D eigenvalue weighted by Crippen LogP contribution is -2.54. The van der Waals surface area contributed by atoms with E-state index >= 15 is 0 Å². The zero-order chi connectivity index (χ0) is 19.7. The van der Waals surface area contributed by atoms with Crippen LogP contribution < -0.4 is 15.0 Å². The first-order valence-electron chi connectivity index (χ1n) is 8.62. The van der Waals surface area contributed by atoms with Crippen LogP contribution in [-0.2, 0) is 9.59 Å². The third kappa shape index (κ3) is 3.04. The predicted octanol–water partition coefficient (Wildman–Crippen LogP) is 3.68. The maximum absolute atomic E-state index is 13.1. The minimum atomic E-state index is -0.512. The lowest BCUT2D eigenvalue weighted by Gasteiger charge is -2.28. The van der Waals surface area contributed by atoms with Crippen LogP contribution >= 0.6 is 12.2 Å². The van der Waals surface area contributed by atoms with E-state index in [0.29, 0.717) is 5.69 Å². The molecule has 1 N–H and O–H groups in total. The van der Waals surface area contributed by atoms with Gasteiger partial charge in [-0.05, 0) is 47.4 Å². The number of hydrogen-bond donors (Lipinski definition) is 1. The number of benzene rings is 3. The third-order valence-corrected chi connectivity index (χ3v) is 4.84. The van der Waals surface area contributed by atoms with Crippen LogP contribution in [0.25, 0.3) is 16.8 Å². The van der Waals surface area contributed by atoms with Crippen molar-refractivity contribution in [3.8, 4) is 5.75 Å². The average Bonchev–Trinajstić information content (AvgIpc) is 2.71. The van der Waals surface area contributed by atoms with Gasteiger partial charge in [0, 0.05) is 5.39 Å². The summed E-state index contributed by atoms with van der Waals surface area (Å²) < 4.78 is 5.41. The quantitative estimate of drug-likeness (QED) is 0.422. The summed E-state index contributed by atoms with van der Waals surface area (Å²) in [6, 6.07) is 20.3. The van der Waals surface area contributed by atoms with Gasteiger partial charge in [0.25, 0.3) is 11.8 Å². The van der Waals surface area contributed by atoms with E-state index in [1.54, 1.807) is 25.3 Å². The average molecular weight is 388 g/mol. The SMILES string of the molecule is COc1ccc(/C=C2/C(=O)NC(=S)N(c3ccccc3)C2=O)c2ccccc12. The molecule has 4 rings (SSSR count). The lowest BCUT2D eigenvalue weighted by molar-refractivity contribution is -0.122. The molecule has 2 amide bonds. The summed E-state index contributed by atoms with van der Waals surface area (Å²) in [5.74, 6) is -0.244. The van der Waals surface area contributed by atoms with Gasteiger partial charge in [-0.2, -0.15) is 0 Å². The van der Waals surface area contributed by atoms with Crippen LogP contribution in [0.1, 0.15) is 5.56 Å². The van der Waals surface area contributed by atoms with Crippen LogP contribution in [-0.4, -0.2) is 24.0 Å². The highest BCUT2D eigenvalue weighted by molar-refractivity contribution is 7.80. The number of amides is 2. The molecule has 0 aromatic heterocycles. The Morgan fingerprint density at radius 2 is 1.61 bits per heavy atom. The number of methoxy groups -OCH3 is 1. The van der Waals surface area contributed by atoms with Gasteiger partial charge in [-0.25, -0.2) is 0 Å². The Morgan fingerprint density at radius 1 is 0.929 bits per heavy atom. The number of nitrogens with zero attached hydrogens (tertiary/aromatic N) is 1. The van der Waals surface area contributed by atoms with Gasteiger partial charge in [0.2, 0.25) is 0 Å². The van der Waals surface area contributed by atoms with Crippen molar-refractivity contribution in [3.05, 3.63) is 77.9 Å². The van der Waals surface area contributed by atoms with E-state index in [0.717, 1.165) is 22.1 Å². The fourth-order valence-electron chi connectivity index (χ4n) is 3.22. The maximum atomic E-state index is 13.1. The Morgan fingerprint density at radius 3 is 2.32 bits per heavy atom. The highest BCUT2D eigenvalue weighted by Crippen LogP contribution is 2.30. The van der Waals surface area contributed by atoms with E-state index < -0.39 is 11.8 Å². The Kier molecular flexibility index (Phi) is 4.63. The molecule has 0 aliphatic carbocycles. The fourth-order valence-corrected chi connectivity index (χ4v) is 3.50. The second kappa shape index (κ2) is 7.25. The molecule has 0 atom stereocenters. The second-order valence-corrected chi connectivity index (χ2v) is 6.58. The Bertz CT molecular complexity index is 1140. The van der Waals surface area contributed by atoms with Crippen LogP contribution in [0.4, 0.5) is 5.69 Å². The summed E-state index contributed by atoms with van der Waals surface area (Å²) in [5.41, 5.74) is 1.37. The topological polar surface area (TPSA) is 58.6 Å². The Labute approximate surface area is 167 Å². The number of carbonyl (C=O) groups is 2. The number of fused-ring (bicyclic) bond motifs is 1. The molecule has 1 aliphatic rings. The maximum Gasteiger partial charge on any atom is 0.270 e. The van der Waals surface area contributed by atoms with Gasteiger partial charge >= 0.3 is 0 Å². The Balaban J connectivity index is 1.83. The zero-order valence-electron chi connectivity index (χ0n) is 15.0. The second-order valence-electron chi connectivity index (χ2n) is 6.20. The molecule has 3 aromatic rings. The number of anilines is 1. The summed E-state index contributed by atoms with van der Waals surface area (Å²) in [4.78, 5) is 26.9. The first-order valence-corrected chi connectivity index (χ1v) is 9.03. The molecule has 1 aliphatic heterocycles. The normalized spacial score (nSPS) is 15.8. The molecule has 1 fully saturated rings. The van der Waals surface area contributed by atoms with E-state index in [1.807, 2.05) is 54.6 Å². The van der Waals surface area contributed by atoms with Gasteiger partial charge in [-0.15, -0.1) is 0 Å². The smallest absolute Gasteiger partial charge is 0.270 e. The van der Waals surface area contributed by atoms with E-state index in [1.165, 1.54) is 4.90 Å². The summed E-state index contributed by atoms with van der Waals surface area (Å²) >= 11 is 5.22. The summed E-state index contributed by atoms with van der Waals surface area (Å²) in [6.07, 6.45) is 1.59. The molecule has 1 heterocycles. The molecule has 28 heavy (non-hydrogen) atoms.